The molecule has 21 rings (SSSR count). The summed E-state index contributed by atoms with van der Waals surface area (Å²) < 4.78 is 0. The molecule has 10 nitrogen and oxygen atoms in total. The van der Waals surface area contributed by atoms with E-state index in [9.17, 15) is 0 Å². The van der Waals surface area contributed by atoms with Crippen LogP contribution in [0.3, 0.4) is 0 Å². The number of nitrogens with zero attached hydrogens (tertiary/aromatic N) is 10. The fourth-order valence-electron chi connectivity index (χ4n) is 14.9. The Kier molecular flexibility index (Phi) is 16.3. The molecule has 0 radical (unpaired) electrons. The molecule has 512 valence electrons. The number of aromatic nitrogens is 10. The molecule has 13 aromatic carbocycles. The number of pyridine rings is 6. The molecule has 0 atom stereocenters. The summed E-state index contributed by atoms with van der Waals surface area (Å²) in [6.07, 6.45) is 1.82. The third-order valence-electron chi connectivity index (χ3n) is 20.6. The van der Waals surface area contributed by atoms with Crippen molar-refractivity contribution in [2.45, 2.75) is 0 Å². The van der Waals surface area contributed by atoms with Crippen LogP contribution in [0.4, 0.5) is 0 Å². The van der Waals surface area contributed by atoms with Crippen molar-refractivity contribution in [1.82, 2.24) is 49.8 Å². The average molecular weight is 1400 g/mol. The van der Waals surface area contributed by atoms with Gasteiger partial charge in [0.15, 0.2) is 11.6 Å². The summed E-state index contributed by atoms with van der Waals surface area (Å²) in [5.41, 5.74) is 24.6. The maximum Gasteiger partial charge on any atom is 0.160 e. The lowest BCUT2D eigenvalue weighted by Crippen LogP contribution is -1.97. The van der Waals surface area contributed by atoms with Crippen LogP contribution in [-0.4, -0.2) is 49.8 Å². The third-order valence-corrected chi connectivity index (χ3v) is 20.6. The predicted octanol–water partition coefficient (Wildman–Crippen LogP) is 24.9. The molecule has 0 N–H and O–H groups in total. The van der Waals surface area contributed by atoms with Crippen LogP contribution in [0.5, 0.6) is 0 Å². The topological polar surface area (TPSA) is 129 Å². The third kappa shape index (κ3) is 12.6. The molecule has 8 aromatic heterocycles. The first-order valence-corrected chi connectivity index (χ1v) is 36.7. The minimum atomic E-state index is 0.664. The molecule has 10 heteroatoms. The molecule has 0 fully saturated rings. The first-order valence-electron chi connectivity index (χ1n) is 36.7. The largest absolute Gasteiger partial charge is 0.254 e. The second kappa shape index (κ2) is 27.8. The van der Waals surface area contributed by atoms with Crippen LogP contribution in [0, 0.1) is 0 Å². The lowest BCUT2D eigenvalue weighted by atomic mass is 9.93. The molecule has 8 heterocycles. The summed E-state index contributed by atoms with van der Waals surface area (Å²) >= 11 is 0. The van der Waals surface area contributed by atoms with Gasteiger partial charge in [0.1, 0.15) is 0 Å². The summed E-state index contributed by atoms with van der Waals surface area (Å²) in [6, 6.07) is 128. The van der Waals surface area contributed by atoms with E-state index in [0.717, 1.165) is 172 Å². The van der Waals surface area contributed by atoms with E-state index in [1.165, 1.54) is 27.1 Å². The molecule has 0 unspecified atom stereocenters. The molecule has 110 heavy (non-hydrogen) atoms. The molecule has 0 aliphatic rings. The van der Waals surface area contributed by atoms with Crippen molar-refractivity contribution in [1.29, 1.82) is 0 Å². The van der Waals surface area contributed by atoms with Gasteiger partial charge in [0.05, 0.1) is 84.3 Å². The van der Waals surface area contributed by atoms with Gasteiger partial charge >= 0.3 is 0 Å². The molecular formula is C100H62N10. The number of hydrogen-bond acceptors (Lipinski definition) is 10. The average Bonchev–Trinajstić information content (AvgIpc) is 0.770. The van der Waals surface area contributed by atoms with E-state index in [1.54, 1.807) is 0 Å². The highest BCUT2D eigenvalue weighted by Gasteiger charge is 2.18. The predicted molar refractivity (Wildman–Crippen MR) is 451 cm³/mol. The highest BCUT2D eigenvalue weighted by Crippen LogP contribution is 2.39. The number of benzene rings is 13. The van der Waals surface area contributed by atoms with E-state index in [2.05, 4.69) is 248 Å². The van der Waals surface area contributed by atoms with E-state index in [0.29, 0.717) is 11.6 Å². The van der Waals surface area contributed by atoms with Gasteiger partial charge in [-0.15, -0.1) is 0 Å². The zero-order valence-corrected chi connectivity index (χ0v) is 59.3. The van der Waals surface area contributed by atoms with Crippen LogP contribution in [0.1, 0.15) is 0 Å². The monoisotopic (exact) mass is 1400 g/mol. The summed E-state index contributed by atoms with van der Waals surface area (Å²) in [4.78, 5) is 50.2. The molecule has 0 aliphatic carbocycles. The SMILES string of the molecule is c1ccc(-c2cc(-c3ccc4ccc(-c5ccc6ccc(-c7cc8ccccc8c8ccccc78)cc6n5)cc4n3)nc(-c3ccccc3)n2)cc1.c1ccc(-c2cc(-c3ccc4ccc(-c5ccc6ccc(-c7ccc(-c8ccc9ccc%10cccnc%10c9n8)cc7)cc6n5)cc4n3)nc(-c3ccccc3)n2)cc1. The minimum Gasteiger partial charge on any atom is -0.254 e. The zero-order valence-electron chi connectivity index (χ0n) is 59.3. The van der Waals surface area contributed by atoms with Crippen molar-refractivity contribution >= 4 is 87.0 Å². The van der Waals surface area contributed by atoms with Crippen LogP contribution < -0.4 is 0 Å². The van der Waals surface area contributed by atoms with Gasteiger partial charge in [0, 0.05) is 77.5 Å². The van der Waals surface area contributed by atoms with Gasteiger partial charge < -0.3 is 0 Å². The first kappa shape index (κ1) is 64.6. The smallest absolute Gasteiger partial charge is 0.160 e. The highest BCUT2D eigenvalue weighted by molar-refractivity contribution is 6.14. The van der Waals surface area contributed by atoms with E-state index < -0.39 is 0 Å². The Morgan fingerprint density at radius 2 is 0.500 bits per heavy atom. The first-order chi connectivity index (χ1) is 54.4. The fourth-order valence-corrected chi connectivity index (χ4v) is 14.9. The Bertz CT molecular complexity index is 7030. The van der Waals surface area contributed by atoms with Crippen molar-refractivity contribution in [2.75, 3.05) is 0 Å². The molecule has 0 aliphatic heterocycles. The van der Waals surface area contributed by atoms with Crippen LogP contribution in [0.2, 0.25) is 0 Å². The Hall–Kier alpha value is -15.0. The van der Waals surface area contributed by atoms with Crippen molar-refractivity contribution in [3.8, 4) is 124 Å². The molecule has 0 saturated carbocycles. The van der Waals surface area contributed by atoms with Crippen LogP contribution in [0.15, 0.2) is 376 Å². The van der Waals surface area contributed by atoms with Crippen LogP contribution in [0.25, 0.3) is 211 Å². The molecular weight excluding hydrogens is 1340 g/mol. The van der Waals surface area contributed by atoms with E-state index >= 15 is 0 Å². The van der Waals surface area contributed by atoms with Crippen molar-refractivity contribution < 1.29 is 0 Å². The number of hydrogen-bond donors (Lipinski definition) is 0. The van der Waals surface area contributed by atoms with E-state index in [1.807, 2.05) is 134 Å². The second-order valence-corrected chi connectivity index (χ2v) is 27.5. The van der Waals surface area contributed by atoms with Gasteiger partial charge in [-0.2, -0.15) is 0 Å². The van der Waals surface area contributed by atoms with Gasteiger partial charge in [-0.05, 0) is 123 Å². The van der Waals surface area contributed by atoms with Crippen molar-refractivity contribution in [3.05, 3.63) is 376 Å². The van der Waals surface area contributed by atoms with Crippen LogP contribution >= 0.6 is 0 Å². The summed E-state index contributed by atoms with van der Waals surface area (Å²) in [5.74, 6) is 1.33. The Labute approximate surface area is 633 Å². The van der Waals surface area contributed by atoms with Crippen molar-refractivity contribution in [3.63, 3.8) is 0 Å². The van der Waals surface area contributed by atoms with E-state index in [-0.39, 0.29) is 0 Å². The normalized spacial score (nSPS) is 11.5. The zero-order chi connectivity index (χ0) is 72.9. The molecule has 0 bridgehead atoms. The van der Waals surface area contributed by atoms with Gasteiger partial charge in [-0.1, -0.05) is 291 Å². The molecule has 0 saturated heterocycles. The second-order valence-electron chi connectivity index (χ2n) is 27.5. The van der Waals surface area contributed by atoms with Crippen molar-refractivity contribution in [2.24, 2.45) is 0 Å². The number of rotatable bonds is 11. The van der Waals surface area contributed by atoms with Gasteiger partial charge in [-0.3, -0.25) is 4.98 Å². The molecule has 21 aromatic rings. The minimum absolute atomic E-state index is 0.664. The maximum absolute atomic E-state index is 5.20. The number of fused-ring (bicyclic) bond motifs is 10. The summed E-state index contributed by atoms with van der Waals surface area (Å²) in [5, 5.41) is 11.5. The standard InChI is InChI=1S/C52H32N6.C48H30N4/c1-3-8-34(9-4-1)48-32-49(58-52(57-48)40-10-5-2-6-11-40)45-28-24-37-18-22-42(31-47(37)55-45)44-26-23-36-17-21-41(30-46(36)54-44)33-13-15-35(16-14-33)43-27-25-39-20-19-38-12-7-29-53-50(38)51(39)56-43;1-3-11-31(12-4-1)46-30-47(52-48(51-46)34-13-5-2-6-14-34)43-26-24-33-20-22-37(29-45(33)50-43)42-25-23-32-19-21-36(28-44(32)49-42)41-27-35-15-7-8-16-38(35)39-17-9-10-18-40(39)41/h1-32H;1-30H. The highest BCUT2D eigenvalue weighted by atomic mass is 14.9. The lowest BCUT2D eigenvalue weighted by molar-refractivity contribution is 1.17. The summed E-state index contributed by atoms with van der Waals surface area (Å²) in [6.45, 7) is 0. The lowest BCUT2D eigenvalue weighted by Gasteiger charge is -2.12. The fraction of sp³-hybridized carbons (Fsp3) is 0. The molecule has 0 spiro atoms. The van der Waals surface area contributed by atoms with Crippen LogP contribution in [-0.2, 0) is 0 Å². The van der Waals surface area contributed by atoms with Gasteiger partial charge in [-0.25, -0.2) is 44.9 Å². The summed E-state index contributed by atoms with van der Waals surface area (Å²) in [7, 11) is 0. The Morgan fingerprint density at radius 1 is 0.155 bits per heavy atom. The Morgan fingerprint density at radius 3 is 1.04 bits per heavy atom. The van der Waals surface area contributed by atoms with Gasteiger partial charge in [0.2, 0.25) is 0 Å². The maximum atomic E-state index is 5.20. The molecule has 0 amide bonds. The Balaban J connectivity index is 0.000000145. The van der Waals surface area contributed by atoms with E-state index in [4.69, 9.17) is 44.9 Å². The van der Waals surface area contributed by atoms with Gasteiger partial charge in [0.25, 0.3) is 0 Å². The quantitative estimate of drug-likeness (QED) is 0.115.